The van der Waals surface area contributed by atoms with Crippen molar-refractivity contribution in [3.05, 3.63) is 90.8 Å². The monoisotopic (exact) mass is 512 g/mol. The van der Waals surface area contributed by atoms with E-state index in [0.717, 1.165) is 22.0 Å². The highest BCUT2D eigenvalue weighted by Crippen LogP contribution is 2.36. The Morgan fingerprint density at radius 1 is 0.868 bits per heavy atom. The molecule has 38 heavy (non-hydrogen) atoms. The molecule has 0 aliphatic rings. The van der Waals surface area contributed by atoms with E-state index in [1.54, 1.807) is 33.8 Å². The molecule has 5 rings (SSSR count). The summed E-state index contributed by atoms with van der Waals surface area (Å²) in [5.74, 6) is 1.16. The number of rotatable bonds is 10. The van der Waals surface area contributed by atoms with Crippen LogP contribution in [-0.2, 0) is 16.5 Å². The Hall–Kier alpha value is -4.60. The number of aromatic nitrogens is 3. The topological polar surface area (TPSA) is 88.8 Å². The molecule has 5 aromatic rings. The summed E-state index contributed by atoms with van der Waals surface area (Å²) < 4.78 is 25.1. The first-order valence-corrected chi connectivity index (χ1v) is 12.0. The van der Waals surface area contributed by atoms with Gasteiger partial charge in [0.25, 0.3) is 5.91 Å². The molecule has 9 heteroatoms. The minimum absolute atomic E-state index is 0.0311. The van der Waals surface area contributed by atoms with Crippen LogP contribution in [0.4, 0.5) is 11.5 Å². The highest BCUT2D eigenvalue weighted by molar-refractivity contribution is 6.06. The van der Waals surface area contributed by atoms with Crippen LogP contribution < -0.4 is 14.8 Å². The van der Waals surface area contributed by atoms with Gasteiger partial charge in [0.15, 0.2) is 13.6 Å². The first-order chi connectivity index (χ1) is 18.6. The highest BCUT2D eigenvalue weighted by Gasteiger charge is 2.23. The lowest BCUT2D eigenvalue weighted by Gasteiger charge is -2.18. The predicted molar refractivity (Wildman–Crippen MR) is 145 cm³/mol. The minimum atomic E-state index is -0.279. The van der Waals surface area contributed by atoms with Crippen LogP contribution in [0.1, 0.15) is 10.4 Å². The van der Waals surface area contributed by atoms with Crippen LogP contribution in [0.15, 0.2) is 85.2 Å². The summed E-state index contributed by atoms with van der Waals surface area (Å²) in [5.41, 5.74) is 2.57. The van der Waals surface area contributed by atoms with Crippen molar-refractivity contribution in [2.45, 2.75) is 0 Å². The summed E-state index contributed by atoms with van der Waals surface area (Å²) >= 11 is 0. The van der Waals surface area contributed by atoms with Crippen LogP contribution in [-0.4, -0.2) is 48.1 Å². The van der Waals surface area contributed by atoms with E-state index in [1.807, 2.05) is 67.7 Å². The molecule has 0 amide bonds. The first-order valence-electron chi connectivity index (χ1n) is 12.0. The van der Waals surface area contributed by atoms with E-state index >= 15 is 0 Å². The van der Waals surface area contributed by atoms with Crippen molar-refractivity contribution < 1.29 is 23.7 Å². The van der Waals surface area contributed by atoms with Crippen LogP contribution in [0.5, 0.6) is 11.5 Å². The lowest BCUT2D eigenvalue weighted by Crippen LogP contribution is -2.16. The van der Waals surface area contributed by atoms with E-state index in [-0.39, 0.29) is 19.5 Å². The molecule has 2 heterocycles. The summed E-state index contributed by atoms with van der Waals surface area (Å²) in [4.78, 5) is 14.0. The minimum Gasteiger partial charge on any atom is -0.467 e. The highest BCUT2D eigenvalue weighted by atomic mass is 16.7. The van der Waals surface area contributed by atoms with Crippen molar-refractivity contribution >= 4 is 28.2 Å². The van der Waals surface area contributed by atoms with Gasteiger partial charge >= 0.3 is 0 Å². The van der Waals surface area contributed by atoms with Crippen LogP contribution in [0.2, 0.25) is 0 Å². The zero-order chi connectivity index (χ0) is 26.5. The summed E-state index contributed by atoms with van der Waals surface area (Å²) in [6, 6.07) is 23.0. The van der Waals surface area contributed by atoms with Crippen molar-refractivity contribution in [2.75, 3.05) is 33.1 Å². The molecule has 0 aliphatic carbocycles. The number of ether oxygens (including phenoxy) is 4. The molecule has 0 radical (unpaired) electrons. The lowest BCUT2D eigenvalue weighted by atomic mass is 10.1. The van der Waals surface area contributed by atoms with E-state index in [0.29, 0.717) is 28.6 Å². The summed E-state index contributed by atoms with van der Waals surface area (Å²) in [5, 5.41) is 9.92. The average molecular weight is 513 g/mol. The molecule has 3 aromatic carbocycles. The maximum absolute atomic E-state index is 14.0. The fourth-order valence-electron chi connectivity index (χ4n) is 4.16. The van der Waals surface area contributed by atoms with Crippen LogP contribution in [0, 0.1) is 0 Å². The Kier molecular flexibility index (Phi) is 7.39. The molecular weight excluding hydrogens is 484 g/mol. The van der Waals surface area contributed by atoms with E-state index < -0.39 is 0 Å². The van der Waals surface area contributed by atoms with E-state index in [9.17, 15) is 4.79 Å². The second kappa shape index (κ2) is 11.2. The van der Waals surface area contributed by atoms with Crippen LogP contribution in [0.25, 0.3) is 22.0 Å². The number of nitrogens with one attached hydrogen (secondary N) is 1. The van der Waals surface area contributed by atoms with Crippen molar-refractivity contribution in [3.8, 4) is 22.8 Å². The number of anilines is 2. The second-order valence-corrected chi connectivity index (χ2v) is 8.57. The Labute approximate surface area is 220 Å². The van der Waals surface area contributed by atoms with Gasteiger partial charge in [0.1, 0.15) is 22.9 Å². The number of hydrogen-bond acceptors (Lipinski definition) is 7. The Balaban J connectivity index is 1.61. The summed E-state index contributed by atoms with van der Waals surface area (Å²) in [7, 11) is 4.89. The number of hydrogen-bond donors (Lipinski definition) is 1. The fraction of sp³-hybridized carbons (Fsp3) is 0.172. The van der Waals surface area contributed by atoms with Gasteiger partial charge in [-0.1, -0.05) is 54.6 Å². The molecule has 194 valence electrons. The van der Waals surface area contributed by atoms with Gasteiger partial charge in [-0.3, -0.25) is 14.0 Å². The largest absolute Gasteiger partial charge is 0.467 e. The van der Waals surface area contributed by atoms with Gasteiger partial charge in [0.05, 0.1) is 11.4 Å². The molecule has 2 aromatic heterocycles. The Bertz CT molecular complexity index is 1530. The van der Waals surface area contributed by atoms with E-state index in [4.69, 9.17) is 18.9 Å². The smallest absolute Gasteiger partial charge is 0.267 e. The number of carbonyl (C=O) groups is 1. The molecule has 0 atom stereocenters. The fourth-order valence-corrected chi connectivity index (χ4v) is 4.16. The molecule has 0 aliphatic heterocycles. The number of aryl methyl sites for hydroxylation is 1. The van der Waals surface area contributed by atoms with Crippen LogP contribution in [0.3, 0.4) is 0 Å². The molecule has 0 unspecified atom stereocenters. The molecular formula is C29H28N4O5. The normalized spacial score (nSPS) is 11.0. The third kappa shape index (κ3) is 5.24. The lowest BCUT2D eigenvalue weighted by molar-refractivity contribution is 0.0456. The van der Waals surface area contributed by atoms with Crippen molar-refractivity contribution in [2.24, 2.45) is 7.05 Å². The summed E-state index contributed by atoms with van der Waals surface area (Å²) in [6.07, 6.45) is 3.60. The maximum Gasteiger partial charge on any atom is 0.267 e. The third-order valence-electron chi connectivity index (χ3n) is 5.96. The molecule has 0 saturated carbocycles. The predicted octanol–water partition coefficient (Wildman–Crippen LogP) is 5.44. The molecule has 0 spiro atoms. The van der Waals surface area contributed by atoms with Crippen molar-refractivity contribution in [1.82, 2.24) is 14.3 Å². The van der Waals surface area contributed by atoms with E-state index in [2.05, 4.69) is 10.4 Å². The quantitative estimate of drug-likeness (QED) is 0.249. The van der Waals surface area contributed by atoms with E-state index in [1.165, 1.54) is 14.2 Å². The zero-order valence-corrected chi connectivity index (χ0v) is 21.4. The number of methoxy groups -OCH3 is 2. The van der Waals surface area contributed by atoms with Crippen LogP contribution >= 0.6 is 0 Å². The summed E-state index contributed by atoms with van der Waals surface area (Å²) in [6.45, 7) is -0.0196. The van der Waals surface area contributed by atoms with Crippen molar-refractivity contribution in [3.63, 3.8) is 0 Å². The zero-order valence-electron chi connectivity index (χ0n) is 21.4. The SMILES string of the molecule is COCOc1cc(Nc2cc(-c3ccccc3)nn2C)c(C(=O)n2cc3ccccc3c2)c(OCOC)c1. The number of fused-ring (bicyclic) bond motifs is 1. The van der Waals surface area contributed by atoms with Gasteiger partial charge < -0.3 is 24.3 Å². The van der Waals surface area contributed by atoms with Gasteiger partial charge in [-0.15, -0.1) is 0 Å². The first kappa shape index (κ1) is 25.1. The molecule has 1 N–H and O–H groups in total. The standard InChI is InChI=1S/C29H28N4O5/c1-32-27(15-24(31-32)20-9-5-4-6-10-20)30-25-13-23(37-18-35-2)14-26(38-19-36-3)28(25)29(34)33-16-21-11-7-8-12-22(21)17-33/h4-17,30H,18-19H2,1-3H3. The molecule has 0 bridgehead atoms. The van der Waals surface area contributed by atoms with Gasteiger partial charge in [0.2, 0.25) is 0 Å². The van der Waals surface area contributed by atoms with Gasteiger partial charge in [-0.25, -0.2) is 0 Å². The Morgan fingerprint density at radius 3 is 2.21 bits per heavy atom. The average Bonchev–Trinajstić information content (AvgIpc) is 3.54. The molecule has 0 saturated heterocycles. The molecule has 0 fully saturated rings. The number of benzene rings is 3. The molecule has 9 nitrogen and oxygen atoms in total. The Morgan fingerprint density at radius 2 is 1.53 bits per heavy atom. The van der Waals surface area contributed by atoms with Gasteiger partial charge in [0, 0.05) is 57.4 Å². The second-order valence-electron chi connectivity index (χ2n) is 8.57. The van der Waals surface area contributed by atoms with Gasteiger partial charge in [-0.05, 0) is 10.8 Å². The third-order valence-corrected chi connectivity index (χ3v) is 5.96. The number of carbonyl (C=O) groups excluding carboxylic acids is 1. The number of nitrogens with zero attached hydrogens (tertiary/aromatic N) is 3. The van der Waals surface area contributed by atoms with Gasteiger partial charge in [-0.2, -0.15) is 5.10 Å². The van der Waals surface area contributed by atoms with Crippen molar-refractivity contribution in [1.29, 1.82) is 0 Å². The maximum atomic E-state index is 14.0.